The molecule has 1 fully saturated rings. The summed E-state index contributed by atoms with van der Waals surface area (Å²) in [7, 11) is -4.44. The van der Waals surface area contributed by atoms with Gasteiger partial charge in [-0.3, -0.25) is 23.4 Å². The van der Waals surface area contributed by atoms with Crippen LogP contribution in [0.3, 0.4) is 0 Å². The molecule has 0 aromatic rings. The third-order valence-corrected chi connectivity index (χ3v) is 12.0. The molecule has 13 heteroatoms. The van der Waals surface area contributed by atoms with Crippen LogP contribution in [0.1, 0.15) is 200 Å². The van der Waals surface area contributed by atoms with Crippen molar-refractivity contribution in [2.75, 3.05) is 26.4 Å². The van der Waals surface area contributed by atoms with Crippen LogP contribution in [0.15, 0.2) is 12.2 Å². The zero-order chi connectivity index (χ0) is 42.7. The second kappa shape index (κ2) is 36.0. The first-order valence-electron chi connectivity index (χ1n) is 23.3. The molecule has 0 bridgehead atoms. The van der Waals surface area contributed by atoms with Crippen LogP contribution in [0.4, 0.5) is 0 Å². The van der Waals surface area contributed by atoms with Gasteiger partial charge in [-0.25, -0.2) is 4.57 Å². The molecular formula is C45H84NO11P. The van der Waals surface area contributed by atoms with Crippen LogP contribution in [0.25, 0.3) is 0 Å². The summed E-state index contributed by atoms with van der Waals surface area (Å²) in [4.78, 5) is 47.7. The van der Waals surface area contributed by atoms with Crippen molar-refractivity contribution in [3.05, 3.63) is 12.2 Å². The minimum Gasteiger partial charge on any atom is -0.462 e. The van der Waals surface area contributed by atoms with Gasteiger partial charge in [0.25, 0.3) is 0 Å². The number of hydrogen-bond donors (Lipinski definition) is 4. The Morgan fingerprint density at radius 2 is 1.24 bits per heavy atom. The average Bonchev–Trinajstić information content (AvgIpc) is 3.47. The summed E-state index contributed by atoms with van der Waals surface area (Å²) in [6.07, 6.45) is 29.9. The van der Waals surface area contributed by atoms with Gasteiger partial charge in [-0.2, -0.15) is 0 Å². The molecule has 0 radical (unpaired) electrons. The Bertz CT molecular complexity index is 1120. The van der Waals surface area contributed by atoms with Crippen molar-refractivity contribution in [3.63, 3.8) is 0 Å². The zero-order valence-corrected chi connectivity index (χ0v) is 37.4. The number of phosphoric ester groups is 1. The molecule has 58 heavy (non-hydrogen) atoms. The first kappa shape index (κ1) is 54.4. The molecule has 0 heterocycles. The van der Waals surface area contributed by atoms with Crippen LogP contribution in [0.5, 0.6) is 0 Å². The molecule has 6 atom stereocenters. The number of esters is 2. The number of carbonyl (C=O) groups excluding carboxylic acids is 3. The van der Waals surface area contributed by atoms with E-state index in [1.165, 1.54) is 83.5 Å². The number of ketones is 1. The standard InChI is InChI=1S/C45H84NO11P/c1-3-5-7-8-9-10-11-12-13-14-15-16-17-18-19-20-25-29-44(50)54-36-39(37-56-58(52,53)55-34-33-46)57-45(51)30-26-22-21-24-28-40-41(43(49)35-42(40)48)32-31-38(47)27-23-6-4-2/h31-32,38-41,43,47,49H,3-30,33-37,46H2,1-2H3,(H,52,53)/b32-31+/t38-,39+,40+,41+,43+/m0/s1. The van der Waals surface area contributed by atoms with E-state index < -0.39 is 44.7 Å². The van der Waals surface area contributed by atoms with E-state index in [1.54, 1.807) is 6.08 Å². The van der Waals surface area contributed by atoms with Crippen molar-refractivity contribution < 1.29 is 52.6 Å². The molecule has 0 spiro atoms. The number of aliphatic hydroxyl groups excluding tert-OH is 2. The lowest BCUT2D eigenvalue weighted by atomic mass is 9.88. The zero-order valence-electron chi connectivity index (χ0n) is 36.5. The molecule has 340 valence electrons. The van der Waals surface area contributed by atoms with Crippen LogP contribution in [-0.4, -0.2) is 77.5 Å². The summed E-state index contributed by atoms with van der Waals surface area (Å²) in [5.41, 5.74) is 5.35. The molecule has 1 rings (SSSR count). The smallest absolute Gasteiger partial charge is 0.462 e. The molecule has 0 saturated heterocycles. The van der Waals surface area contributed by atoms with Gasteiger partial charge in [-0.05, 0) is 25.7 Å². The number of hydrogen-bond acceptors (Lipinski definition) is 11. The van der Waals surface area contributed by atoms with Crippen molar-refractivity contribution in [1.29, 1.82) is 0 Å². The van der Waals surface area contributed by atoms with Gasteiger partial charge in [-0.15, -0.1) is 0 Å². The van der Waals surface area contributed by atoms with E-state index in [1.807, 2.05) is 6.08 Å². The van der Waals surface area contributed by atoms with E-state index in [9.17, 15) is 34.1 Å². The Labute approximate surface area is 351 Å². The molecule has 1 unspecified atom stereocenters. The molecule has 5 N–H and O–H groups in total. The SMILES string of the molecule is CCCCCCCCCCCCCCCCCCCC(=O)OC[C@H](COP(=O)(O)OCCN)OC(=O)CCCCCC[C@H]1C(=O)C[C@@H](O)[C@@H]1/C=C/[C@@H](O)CCCCC. The number of aliphatic hydroxyl groups is 2. The molecular weight excluding hydrogens is 761 g/mol. The highest BCUT2D eigenvalue weighted by atomic mass is 31.2. The van der Waals surface area contributed by atoms with Gasteiger partial charge in [0.1, 0.15) is 12.4 Å². The molecule has 0 amide bonds. The lowest BCUT2D eigenvalue weighted by Gasteiger charge is -2.20. The summed E-state index contributed by atoms with van der Waals surface area (Å²) in [6, 6.07) is 0. The van der Waals surface area contributed by atoms with Crippen molar-refractivity contribution in [3.8, 4) is 0 Å². The van der Waals surface area contributed by atoms with Crippen LogP contribution < -0.4 is 5.73 Å². The van der Waals surface area contributed by atoms with Crippen LogP contribution in [-0.2, 0) is 37.5 Å². The van der Waals surface area contributed by atoms with Crippen molar-refractivity contribution in [2.45, 2.75) is 218 Å². The number of ether oxygens (including phenoxy) is 2. The maximum atomic E-state index is 12.7. The molecule has 12 nitrogen and oxygen atoms in total. The quantitative estimate of drug-likeness (QED) is 0.0198. The number of phosphoric acid groups is 1. The van der Waals surface area contributed by atoms with E-state index in [2.05, 4.69) is 13.8 Å². The minimum atomic E-state index is -4.44. The van der Waals surface area contributed by atoms with Crippen molar-refractivity contribution >= 4 is 25.5 Å². The fourth-order valence-corrected chi connectivity index (χ4v) is 8.30. The third kappa shape index (κ3) is 29.5. The Morgan fingerprint density at radius 1 is 0.741 bits per heavy atom. The predicted octanol–water partition coefficient (Wildman–Crippen LogP) is 9.98. The monoisotopic (exact) mass is 846 g/mol. The highest BCUT2D eigenvalue weighted by molar-refractivity contribution is 7.47. The van der Waals surface area contributed by atoms with Gasteiger partial charge in [-0.1, -0.05) is 167 Å². The number of carbonyl (C=O) groups is 3. The molecule has 0 aliphatic heterocycles. The van der Waals surface area contributed by atoms with Crippen molar-refractivity contribution in [1.82, 2.24) is 0 Å². The van der Waals surface area contributed by atoms with E-state index >= 15 is 0 Å². The van der Waals surface area contributed by atoms with Gasteiger partial charge in [0, 0.05) is 37.6 Å². The summed E-state index contributed by atoms with van der Waals surface area (Å²) in [5, 5.41) is 20.7. The topological polar surface area (TPSA) is 192 Å². The molecule has 0 aromatic heterocycles. The number of unbranched alkanes of at least 4 members (excludes halogenated alkanes) is 21. The fourth-order valence-electron chi connectivity index (χ4n) is 7.53. The van der Waals surface area contributed by atoms with Gasteiger partial charge in [0.05, 0.1) is 25.4 Å². The lowest BCUT2D eigenvalue weighted by Crippen LogP contribution is -2.29. The molecule has 1 aliphatic rings. The summed E-state index contributed by atoms with van der Waals surface area (Å²) in [6.45, 7) is 3.38. The summed E-state index contributed by atoms with van der Waals surface area (Å²) in [5.74, 6) is -1.52. The number of nitrogens with two attached hydrogens (primary N) is 1. The third-order valence-electron chi connectivity index (χ3n) is 11.0. The Hall–Kier alpha value is -1.66. The maximum absolute atomic E-state index is 12.7. The second-order valence-electron chi connectivity index (χ2n) is 16.4. The van der Waals surface area contributed by atoms with E-state index in [4.69, 9.17) is 24.3 Å². The lowest BCUT2D eigenvalue weighted by molar-refractivity contribution is -0.161. The maximum Gasteiger partial charge on any atom is 0.472 e. The predicted molar refractivity (Wildman–Crippen MR) is 230 cm³/mol. The molecule has 1 aliphatic carbocycles. The normalized spacial score (nSPS) is 19.1. The minimum absolute atomic E-state index is 0.0171. The molecule has 0 aromatic carbocycles. The Kier molecular flexibility index (Phi) is 33.8. The van der Waals surface area contributed by atoms with E-state index in [0.717, 1.165) is 51.4 Å². The largest absolute Gasteiger partial charge is 0.472 e. The highest BCUT2D eigenvalue weighted by Gasteiger charge is 2.39. The fraction of sp³-hybridized carbons (Fsp3) is 0.889. The Balaban J connectivity index is 2.33. The van der Waals surface area contributed by atoms with Gasteiger partial charge in [0.15, 0.2) is 6.10 Å². The Morgan fingerprint density at radius 3 is 1.79 bits per heavy atom. The summed E-state index contributed by atoms with van der Waals surface area (Å²) < 4.78 is 32.8. The second-order valence-corrected chi connectivity index (χ2v) is 17.9. The highest BCUT2D eigenvalue weighted by Crippen LogP contribution is 2.43. The van der Waals surface area contributed by atoms with Crippen LogP contribution in [0.2, 0.25) is 0 Å². The number of rotatable bonds is 40. The molecule has 1 saturated carbocycles. The number of Topliss-reactive ketones (excluding diaryl/α,β-unsaturated/α-hetero) is 1. The van der Waals surface area contributed by atoms with E-state index in [-0.39, 0.29) is 56.6 Å². The van der Waals surface area contributed by atoms with Gasteiger partial charge < -0.3 is 30.3 Å². The van der Waals surface area contributed by atoms with Gasteiger partial charge in [0.2, 0.25) is 0 Å². The first-order chi connectivity index (χ1) is 28.0. The van der Waals surface area contributed by atoms with Crippen LogP contribution in [0, 0.1) is 11.8 Å². The van der Waals surface area contributed by atoms with Crippen LogP contribution >= 0.6 is 7.82 Å². The van der Waals surface area contributed by atoms with Gasteiger partial charge >= 0.3 is 19.8 Å². The van der Waals surface area contributed by atoms with Crippen molar-refractivity contribution in [2.24, 2.45) is 17.6 Å². The summed E-state index contributed by atoms with van der Waals surface area (Å²) >= 11 is 0. The first-order valence-corrected chi connectivity index (χ1v) is 24.8. The van der Waals surface area contributed by atoms with E-state index in [0.29, 0.717) is 32.1 Å². The average molecular weight is 846 g/mol.